The van der Waals surface area contributed by atoms with Gasteiger partial charge in [0.1, 0.15) is 0 Å². The maximum atomic E-state index is 11.5. The molecule has 1 saturated heterocycles. The highest BCUT2D eigenvalue weighted by Gasteiger charge is 2.25. The number of carbonyl (C=O) groups excluding carboxylic acids is 1. The van der Waals surface area contributed by atoms with Crippen molar-refractivity contribution in [2.75, 3.05) is 20.2 Å². The average Bonchev–Trinajstić information content (AvgIpc) is 2.62. The SMILES string of the molecule is CCCCC(=O)N1CCC(OC)C1. The summed E-state index contributed by atoms with van der Waals surface area (Å²) >= 11 is 0. The van der Waals surface area contributed by atoms with Crippen LogP contribution < -0.4 is 0 Å². The number of unbranched alkanes of at least 4 members (excludes halogenated alkanes) is 1. The normalized spacial score (nSPS) is 22.3. The summed E-state index contributed by atoms with van der Waals surface area (Å²) in [6.45, 7) is 3.77. The van der Waals surface area contributed by atoms with Crippen molar-refractivity contribution in [2.45, 2.75) is 38.7 Å². The summed E-state index contributed by atoms with van der Waals surface area (Å²) in [5.74, 6) is 0.293. The Morgan fingerprint density at radius 2 is 2.38 bits per heavy atom. The van der Waals surface area contributed by atoms with E-state index < -0.39 is 0 Å². The largest absolute Gasteiger partial charge is 0.380 e. The summed E-state index contributed by atoms with van der Waals surface area (Å²) < 4.78 is 5.20. The molecule has 0 aromatic rings. The van der Waals surface area contributed by atoms with E-state index in [0.717, 1.165) is 32.4 Å². The number of ether oxygens (including phenoxy) is 1. The van der Waals surface area contributed by atoms with Crippen molar-refractivity contribution in [1.29, 1.82) is 0 Å². The zero-order valence-electron chi connectivity index (χ0n) is 8.58. The Hall–Kier alpha value is -0.570. The molecule has 0 N–H and O–H groups in total. The van der Waals surface area contributed by atoms with Crippen molar-refractivity contribution < 1.29 is 9.53 Å². The molecule has 1 aliphatic rings. The fraction of sp³-hybridized carbons (Fsp3) is 0.900. The molecular formula is C10H19NO2. The molecule has 76 valence electrons. The molecule has 0 radical (unpaired) electrons. The Morgan fingerprint density at radius 1 is 1.62 bits per heavy atom. The molecule has 0 aromatic carbocycles. The lowest BCUT2D eigenvalue weighted by molar-refractivity contribution is -0.130. The summed E-state index contributed by atoms with van der Waals surface area (Å²) in [7, 11) is 1.71. The molecule has 1 atom stereocenters. The summed E-state index contributed by atoms with van der Waals surface area (Å²) in [5.41, 5.74) is 0. The molecule has 3 nitrogen and oxygen atoms in total. The van der Waals surface area contributed by atoms with E-state index in [4.69, 9.17) is 4.74 Å². The molecule has 0 aliphatic carbocycles. The Kier molecular flexibility index (Phi) is 4.22. The Labute approximate surface area is 80.1 Å². The fourth-order valence-electron chi connectivity index (χ4n) is 1.63. The third-order valence-corrected chi connectivity index (χ3v) is 2.58. The molecule has 0 aromatic heterocycles. The van der Waals surface area contributed by atoms with Gasteiger partial charge < -0.3 is 9.64 Å². The van der Waals surface area contributed by atoms with Gasteiger partial charge in [0, 0.05) is 26.6 Å². The molecule has 1 amide bonds. The first-order valence-electron chi connectivity index (χ1n) is 5.08. The van der Waals surface area contributed by atoms with Crippen LogP contribution in [0.1, 0.15) is 32.6 Å². The monoisotopic (exact) mass is 185 g/mol. The molecule has 0 spiro atoms. The van der Waals surface area contributed by atoms with E-state index in [-0.39, 0.29) is 6.10 Å². The van der Waals surface area contributed by atoms with Gasteiger partial charge in [-0.2, -0.15) is 0 Å². The second-order valence-corrected chi connectivity index (χ2v) is 3.59. The van der Waals surface area contributed by atoms with Crippen molar-refractivity contribution in [1.82, 2.24) is 4.90 Å². The molecule has 1 rings (SSSR count). The number of methoxy groups -OCH3 is 1. The van der Waals surface area contributed by atoms with E-state index in [2.05, 4.69) is 6.92 Å². The lowest BCUT2D eigenvalue weighted by Crippen LogP contribution is -2.29. The summed E-state index contributed by atoms with van der Waals surface area (Å²) in [5, 5.41) is 0. The number of amides is 1. The lowest BCUT2D eigenvalue weighted by atomic mass is 10.2. The van der Waals surface area contributed by atoms with Gasteiger partial charge in [-0.15, -0.1) is 0 Å². The van der Waals surface area contributed by atoms with Gasteiger partial charge in [-0.25, -0.2) is 0 Å². The first kappa shape index (κ1) is 10.5. The number of likely N-dealkylation sites (tertiary alicyclic amines) is 1. The molecule has 1 unspecified atom stereocenters. The minimum atomic E-state index is 0.269. The molecule has 3 heteroatoms. The highest BCUT2D eigenvalue weighted by molar-refractivity contribution is 5.76. The van der Waals surface area contributed by atoms with Crippen LogP contribution in [0.3, 0.4) is 0 Å². The molecule has 1 heterocycles. The smallest absolute Gasteiger partial charge is 0.222 e. The van der Waals surface area contributed by atoms with E-state index in [1.165, 1.54) is 0 Å². The van der Waals surface area contributed by atoms with Crippen LogP contribution in [0, 0.1) is 0 Å². The van der Waals surface area contributed by atoms with E-state index in [1.807, 2.05) is 4.90 Å². The van der Waals surface area contributed by atoms with Crippen LogP contribution in [0.4, 0.5) is 0 Å². The minimum Gasteiger partial charge on any atom is -0.380 e. The van der Waals surface area contributed by atoms with Gasteiger partial charge in [0.25, 0.3) is 0 Å². The van der Waals surface area contributed by atoms with Crippen LogP contribution in [0.15, 0.2) is 0 Å². The number of carbonyl (C=O) groups is 1. The first-order valence-corrected chi connectivity index (χ1v) is 5.08. The molecule has 0 bridgehead atoms. The summed E-state index contributed by atoms with van der Waals surface area (Å²) in [6.07, 6.45) is 4.06. The van der Waals surface area contributed by atoms with Gasteiger partial charge >= 0.3 is 0 Å². The third kappa shape index (κ3) is 2.99. The third-order valence-electron chi connectivity index (χ3n) is 2.58. The van der Waals surface area contributed by atoms with Crippen molar-refractivity contribution in [3.8, 4) is 0 Å². The topological polar surface area (TPSA) is 29.5 Å². The number of hydrogen-bond donors (Lipinski definition) is 0. The van der Waals surface area contributed by atoms with Crippen LogP contribution in [-0.4, -0.2) is 37.1 Å². The molecule has 13 heavy (non-hydrogen) atoms. The second-order valence-electron chi connectivity index (χ2n) is 3.59. The van der Waals surface area contributed by atoms with Crippen LogP contribution in [-0.2, 0) is 9.53 Å². The summed E-state index contributed by atoms with van der Waals surface area (Å²) in [4.78, 5) is 13.5. The quantitative estimate of drug-likeness (QED) is 0.663. The van der Waals surface area contributed by atoms with E-state index in [0.29, 0.717) is 12.3 Å². The Balaban J connectivity index is 2.25. The van der Waals surface area contributed by atoms with E-state index in [1.54, 1.807) is 7.11 Å². The van der Waals surface area contributed by atoms with Gasteiger partial charge in [0.05, 0.1) is 6.10 Å². The molecular weight excluding hydrogens is 166 g/mol. The molecule has 0 saturated carbocycles. The Bertz CT molecular complexity index is 170. The lowest BCUT2D eigenvalue weighted by Gasteiger charge is -2.15. The fourth-order valence-corrected chi connectivity index (χ4v) is 1.63. The van der Waals surface area contributed by atoms with Gasteiger partial charge in [0.15, 0.2) is 0 Å². The average molecular weight is 185 g/mol. The predicted molar refractivity (Wildman–Crippen MR) is 51.5 cm³/mol. The maximum Gasteiger partial charge on any atom is 0.222 e. The predicted octanol–water partition coefficient (Wildman–Crippen LogP) is 1.42. The molecule has 1 aliphatic heterocycles. The van der Waals surface area contributed by atoms with Gasteiger partial charge in [-0.1, -0.05) is 13.3 Å². The van der Waals surface area contributed by atoms with Crippen molar-refractivity contribution in [3.05, 3.63) is 0 Å². The number of hydrogen-bond acceptors (Lipinski definition) is 2. The van der Waals surface area contributed by atoms with Crippen molar-refractivity contribution >= 4 is 5.91 Å². The number of rotatable bonds is 4. The first-order chi connectivity index (χ1) is 6.27. The van der Waals surface area contributed by atoms with Gasteiger partial charge in [0.2, 0.25) is 5.91 Å². The zero-order valence-corrected chi connectivity index (χ0v) is 8.58. The maximum absolute atomic E-state index is 11.5. The van der Waals surface area contributed by atoms with Crippen molar-refractivity contribution in [2.24, 2.45) is 0 Å². The zero-order chi connectivity index (χ0) is 9.68. The summed E-state index contributed by atoms with van der Waals surface area (Å²) in [6, 6.07) is 0. The van der Waals surface area contributed by atoms with E-state index in [9.17, 15) is 4.79 Å². The van der Waals surface area contributed by atoms with Crippen LogP contribution in [0.2, 0.25) is 0 Å². The highest BCUT2D eigenvalue weighted by atomic mass is 16.5. The minimum absolute atomic E-state index is 0.269. The Morgan fingerprint density at radius 3 is 2.92 bits per heavy atom. The van der Waals surface area contributed by atoms with E-state index >= 15 is 0 Å². The van der Waals surface area contributed by atoms with Gasteiger partial charge in [-0.05, 0) is 12.8 Å². The highest BCUT2D eigenvalue weighted by Crippen LogP contribution is 2.13. The van der Waals surface area contributed by atoms with Gasteiger partial charge in [-0.3, -0.25) is 4.79 Å². The standard InChI is InChI=1S/C10H19NO2/c1-3-4-5-10(12)11-7-6-9(8-11)13-2/h9H,3-8H2,1-2H3. The van der Waals surface area contributed by atoms with Crippen LogP contribution in [0.5, 0.6) is 0 Å². The molecule has 1 fully saturated rings. The second kappa shape index (κ2) is 5.22. The van der Waals surface area contributed by atoms with Crippen LogP contribution >= 0.6 is 0 Å². The van der Waals surface area contributed by atoms with Crippen molar-refractivity contribution in [3.63, 3.8) is 0 Å². The van der Waals surface area contributed by atoms with Crippen LogP contribution in [0.25, 0.3) is 0 Å². The number of nitrogens with zero attached hydrogens (tertiary/aromatic N) is 1.